The second-order valence-corrected chi connectivity index (χ2v) is 19.8. The second kappa shape index (κ2) is 11.9. The summed E-state index contributed by atoms with van der Waals surface area (Å²) < 4.78 is 90.5. The third-order valence-corrected chi connectivity index (χ3v) is 13.5. The van der Waals surface area contributed by atoms with Gasteiger partial charge < -0.3 is 4.43 Å². The molecule has 229 valence electrons. The fraction of sp³-hybridized carbons (Fsp3) is 0.379. The van der Waals surface area contributed by atoms with Crippen molar-refractivity contribution in [1.82, 2.24) is 8.43 Å². The summed E-state index contributed by atoms with van der Waals surface area (Å²) in [4.78, 5) is -0.188. The maximum absolute atomic E-state index is 13.9. The molecule has 3 rings (SSSR count). The lowest BCUT2D eigenvalue weighted by molar-refractivity contribution is -0.0970. The first-order chi connectivity index (χ1) is 19.1. The summed E-state index contributed by atoms with van der Waals surface area (Å²) in [6.07, 6.45) is 1.42. The van der Waals surface area contributed by atoms with Gasteiger partial charge in [0.25, 0.3) is 9.04 Å². The van der Waals surface area contributed by atoms with Crippen LogP contribution in [0.1, 0.15) is 47.1 Å². The van der Waals surface area contributed by atoms with Gasteiger partial charge in [-0.3, -0.25) is 0 Å². The number of sulfonamides is 3. The van der Waals surface area contributed by atoms with Crippen LogP contribution >= 0.6 is 0 Å². The Balaban J connectivity index is 2.41. The normalized spacial score (nSPS) is 15.1. The lowest BCUT2D eigenvalue weighted by Gasteiger charge is -2.50. The summed E-state index contributed by atoms with van der Waals surface area (Å²) in [6.45, 7) is 10.8. The van der Waals surface area contributed by atoms with Crippen LogP contribution in [-0.4, -0.2) is 56.4 Å². The molecule has 3 aromatic carbocycles. The van der Waals surface area contributed by atoms with Gasteiger partial charge in [-0.1, -0.05) is 114 Å². The molecule has 1 atom stereocenters. The van der Waals surface area contributed by atoms with Crippen molar-refractivity contribution in [2.75, 3.05) is 12.5 Å². The van der Waals surface area contributed by atoms with Crippen LogP contribution in [0.4, 0.5) is 0 Å². The van der Waals surface area contributed by atoms with E-state index in [0.29, 0.717) is 22.9 Å². The smallest absolute Gasteiger partial charge is 0.286 e. The number of benzene rings is 3. The van der Waals surface area contributed by atoms with E-state index in [4.69, 9.17) is 4.43 Å². The van der Waals surface area contributed by atoms with Crippen LogP contribution in [0.25, 0.3) is 0 Å². The van der Waals surface area contributed by atoms with Crippen molar-refractivity contribution in [3.8, 4) is 0 Å². The molecule has 1 radical (unpaired) electrons. The van der Waals surface area contributed by atoms with Gasteiger partial charge in [0.15, 0.2) is 0 Å². The molecule has 0 saturated heterocycles. The van der Waals surface area contributed by atoms with E-state index in [0.717, 1.165) is 5.56 Å². The third kappa shape index (κ3) is 7.57. The van der Waals surface area contributed by atoms with Gasteiger partial charge in [-0.15, -0.1) is 0 Å². The highest BCUT2D eigenvalue weighted by atomic mass is 32.3. The van der Waals surface area contributed by atoms with Crippen LogP contribution in [0.2, 0.25) is 0 Å². The molecule has 0 saturated carbocycles. The van der Waals surface area contributed by atoms with E-state index >= 15 is 0 Å². The Bertz CT molecular complexity index is 1670. The topological polar surface area (TPSA) is 127 Å². The molecule has 0 fully saturated rings. The molecule has 0 bridgehead atoms. The minimum atomic E-state index is -4.64. The van der Waals surface area contributed by atoms with E-state index in [1.54, 1.807) is 36.4 Å². The van der Waals surface area contributed by atoms with Gasteiger partial charge in [-0.05, 0) is 37.2 Å². The first-order valence-electron chi connectivity index (χ1n) is 13.1. The number of rotatable bonds is 10. The summed E-state index contributed by atoms with van der Waals surface area (Å²) >= 11 is 0. The molecule has 0 aliphatic heterocycles. The molecule has 0 aliphatic carbocycles. The molecule has 13 heteroatoms. The summed E-state index contributed by atoms with van der Waals surface area (Å²) in [6, 6.07) is 23.8. The maximum Gasteiger partial charge on any atom is 0.286 e. The molecule has 0 aliphatic rings. The van der Waals surface area contributed by atoms with Crippen LogP contribution in [0, 0.1) is 5.41 Å². The molecule has 1 N–H and O–H groups in total. The van der Waals surface area contributed by atoms with E-state index in [9.17, 15) is 25.3 Å². The van der Waals surface area contributed by atoms with Gasteiger partial charge in [-0.25, -0.2) is 25.3 Å². The Hall–Kier alpha value is -2.39. The Labute approximate surface area is 252 Å². The van der Waals surface area contributed by atoms with Crippen LogP contribution in [-0.2, 0) is 39.9 Å². The monoisotopic (exact) mass is 651 g/mol. The third-order valence-electron chi connectivity index (χ3n) is 6.50. The zero-order valence-corrected chi connectivity index (χ0v) is 28.6. The Kier molecular flexibility index (Phi) is 9.70. The molecular weight excluding hydrogens is 613 g/mol. The van der Waals surface area contributed by atoms with Crippen LogP contribution in [0.15, 0.2) is 89.8 Å². The van der Waals surface area contributed by atoms with Crippen LogP contribution in [0.5, 0.6) is 0 Å². The van der Waals surface area contributed by atoms with Crippen molar-refractivity contribution in [3.05, 3.63) is 90.5 Å². The van der Waals surface area contributed by atoms with E-state index in [-0.39, 0.29) is 14.0 Å². The van der Waals surface area contributed by atoms with Crippen molar-refractivity contribution in [3.63, 3.8) is 0 Å². The highest BCUT2D eigenvalue weighted by Crippen LogP contribution is 2.40. The van der Waals surface area contributed by atoms with E-state index < -0.39 is 50.4 Å². The SMILES string of the molecule is CC(C)(C)c1ccc([Si](OC(NS(=O)(=O)c2ccccc2)(N(S(C)(=O)=O)S(C)(=O)=O)C(C)(C)C)c2ccccc2)cc1. The van der Waals surface area contributed by atoms with Crippen molar-refractivity contribution in [2.45, 2.75) is 57.7 Å². The van der Waals surface area contributed by atoms with Gasteiger partial charge in [0.1, 0.15) is 0 Å². The first-order valence-corrected chi connectivity index (χ1v) is 19.7. The van der Waals surface area contributed by atoms with Gasteiger partial charge in [0, 0.05) is 5.41 Å². The average Bonchev–Trinajstić information content (AvgIpc) is 2.85. The summed E-state index contributed by atoms with van der Waals surface area (Å²) in [5, 5.41) is 1.31. The number of hydrogen-bond acceptors (Lipinski definition) is 7. The Morgan fingerprint density at radius 3 is 1.48 bits per heavy atom. The minimum Gasteiger partial charge on any atom is -0.375 e. The van der Waals surface area contributed by atoms with Gasteiger partial charge in [-0.2, -0.15) is 4.72 Å². The van der Waals surface area contributed by atoms with Crippen molar-refractivity contribution >= 4 is 49.5 Å². The van der Waals surface area contributed by atoms with E-state index in [1.807, 2.05) is 24.3 Å². The molecule has 0 amide bonds. The summed E-state index contributed by atoms with van der Waals surface area (Å²) in [5.41, 5.74) is -0.568. The second-order valence-electron chi connectivity index (χ2n) is 12.2. The zero-order chi connectivity index (χ0) is 31.8. The molecule has 42 heavy (non-hydrogen) atoms. The van der Waals surface area contributed by atoms with Gasteiger partial charge >= 0.3 is 0 Å². The van der Waals surface area contributed by atoms with Crippen LogP contribution < -0.4 is 15.1 Å². The minimum absolute atomic E-state index is 0.150. The molecule has 0 aromatic heterocycles. The van der Waals surface area contributed by atoms with Crippen molar-refractivity contribution in [2.24, 2.45) is 5.41 Å². The van der Waals surface area contributed by atoms with Crippen molar-refractivity contribution < 1.29 is 29.7 Å². The fourth-order valence-electron chi connectivity index (χ4n) is 4.37. The number of hydrogen-bond donors (Lipinski definition) is 1. The molecule has 0 heterocycles. The number of nitrogens with one attached hydrogen (secondary N) is 1. The molecule has 3 aromatic rings. The van der Waals surface area contributed by atoms with E-state index in [2.05, 4.69) is 25.5 Å². The largest absolute Gasteiger partial charge is 0.375 e. The molecule has 1 unspecified atom stereocenters. The molecule has 0 spiro atoms. The molecule has 9 nitrogen and oxygen atoms in total. The highest BCUT2D eigenvalue weighted by Gasteiger charge is 2.60. The lowest BCUT2D eigenvalue weighted by atomic mass is 9.87. The summed E-state index contributed by atoms with van der Waals surface area (Å²) in [5.74, 6) is -2.62. The van der Waals surface area contributed by atoms with Gasteiger partial charge in [0.05, 0.1) is 17.4 Å². The fourth-order valence-corrected chi connectivity index (χ4v) is 12.0. The highest BCUT2D eigenvalue weighted by molar-refractivity contribution is 8.03. The Morgan fingerprint density at radius 2 is 1.07 bits per heavy atom. The van der Waals surface area contributed by atoms with Gasteiger partial charge in [0.2, 0.25) is 35.9 Å². The van der Waals surface area contributed by atoms with Crippen molar-refractivity contribution in [1.29, 1.82) is 0 Å². The predicted molar refractivity (Wildman–Crippen MR) is 168 cm³/mol. The first kappa shape index (κ1) is 34.1. The lowest BCUT2D eigenvalue weighted by Crippen LogP contribution is -2.74. The average molecular weight is 652 g/mol. The molecular formula is C29H39N2O7S3Si. The predicted octanol–water partition coefficient (Wildman–Crippen LogP) is 3.01. The van der Waals surface area contributed by atoms with Crippen LogP contribution in [0.3, 0.4) is 0 Å². The standard InChI is InChI=1S/C29H39N2O7S3Si/c1-27(2,3)23-19-21-26(22-20-23)42(25-17-13-10-14-18-25)38-29(28(4,5)6,31(39(7,32)33)40(8,34)35)30-41(36,37)24-15-11-9-12-16-24/h9-22,30H,1-8H3. The summed E-state index contributed by atoms with van der Waals surface area (Å²) in [7, 11) is -16.3. The Morgan fingerprint density at radius 1 is 0.643 bits per heavy atom. The van der Waals surface area contributed by atoms with E-state index in [1.165, 1.54) is 45.0 Å². The number of nitrogens with zero attached hydrogens (tertiary/aromatic N) is 1. The zero-order valence-electron chi connectivity index (χ0n) is 25.1. The quantitative estimate of drug-likeness (QED) is 0.264. The maximum atomic E-state index is 13.9.